The van der Waals surface area contributed by atoms with Crippen LogP contribution in [-0.4, -0.2) is 40.7 Å². The van der Waals surface area contributed by atoms with E-state index in [1.807, 2.05) is 0 Å². The van der Waals surface area contributed by atoms with Crippen LogP contribution in [-0.2, 0) is 15.3 Å². The van der Waals surface area contributed by atoms with E-state index in [0.29, 0.717) is 44.9 Å². The molecule has 0 saturated carbocycles. The van der Waals surface area contributed by atoms with Crippen molar-refractivity contribution in [2.24, 2.45) is 0 Å². The lowest BCUT2D eigenvalue weighted by Crippen LogP contribution is -2.29. The van der Waals surface area contributed by atoms with Crippen molar-refractivity contribution in [2.75, 3.05) is 18.6 Å². The Morgan fingerprint density at radius 2 is 1.72 bits per heavy atom. The van der Waals surface area contributed by atoms with Crippen molar-refractivity contribution in [2.45, 2.75) is 42.3 Å². The molecule has 0 radical (unpaired) electrons. The van der Waals surface area contributed by atoms with E-state index in [1.165, 1.54) is 29.8 Å². The molecule has 1 fully saturated rings. The Bertz CT molecular complexity index is 1620. The third kappa shape index (κ3) is 6.73. The Morgan fingerprint density at radius 3 is 2.42 bits per heavy atom. The summed E-state index contributed by atoms with van der Waals surface area (Å²) in [5.41, 5.74) is 1.40. The summed E-state index contributed by atoms with van der Waals surface area (Å²) in [7, 11) is 1.53. The van der Waals surface area contributed by atoms with E-state index >= 15 is 0 Å². The topological polar surface area (TPSA) is 102 Å². The van der Waals surface area contributed by atoms with Crippen LogP contribution in [0.25, 0.3) is 5.76 Å². The molecule has 4 aromatic rings. The fraction of sp³-hybridized carbons (Fsp3) is 0.250. The highest BCUT2D eigenvalue weighted by Crippen LogP contribution is 2.44. The number of aliphatic hydroxyl groups is 1. The number of amides is 1. The summed E-state index contributed by atoms with van der Waals surface area (Å²) in [6.07, 6.45) is 3.10. The van der Waals surface area contributed by atoms with Gasteiger partial charge in [0.2, 0.25) is 5.13 Å². The number of anilines is 1. The molecule has 5 rings (SSSR count). The molecule has 0 bridgehead atoms. The fourth-order valence-electron chi connectivity index (χ4n) is 4.65. The van der Waals surface area contributed by atoms with Gasteiger partial charge in [0.25, 0.3) is 5.78 Å². The number of Topliss-reactive ketones (excluding diaryl/α,β-unsaturated/α-hetero) is 1. The molecule has 1 aliphatic heterocycles. The quantitative estimate of drug-likeness (QED) is 0.0445. The van der Waals surface area contributed by atoms with E-state index in [1.54, 1.807) is 66.7 Å². The molecule has 1 N–H and O–H groups in total. The number of rotatable bonds is 12. The van der Waals surface area contributed by atoms with Crippen LogP contribution in [0, 0.1) is 5.82 Å². The minimum atomic E-state index is -0.964. The van der Waals surface area contributed by atoms with Crippen molar-refractivity contribution in [3.05, 3.63) is 101 Å². The standard InChI is InChI=1S/C32H30FN3O5S2/c1-3-4-7-18-41-24-16-10-20(11-17-24)27-26(28(37)21-12-14-23(40-2)15-13-21)29(38)30(39)36(27)31-34-35-32(43-31)42-19-22-8-5-6-9-25(22)33/h5-6,8-17,27,37H,3-4,7,18-19H2,1-2H3/b28-26-. The Labute approximate surface area is 257 Å². The Morgan fingerprint density at radius 1 is 1.00 bits per heavy atom. The van der Waals surface area contributed by atoms with E-state index in [2.05, 4.69) is 17.1 Å². The zero-order valence-corrected chi connectivity index (χ0v) is 25.3. The third-order valence-corrected chi connectivity index (χ3v) is 9.04. The number of methoxy groups -OCH3 is 1. The molecule has 0 aliphatic carbocycles. The van der Waals surface area contributed by atoms with Crippen LogP contribution in [0.3, 0.4) is 0 Å². The number of halogens is 1. The van der Waals surface area contributed by atoms with E-state index in [4.69, 9.17) is 9.47 Å². The molecule has 1 aliphatic rings. The SMILES string of the molecule is CCCCCOc1ccc(C2/C(=C(/O)c3ccc(OC)cc3)C(=O)C(=O)N2c2nnc(SCc3ccccc3F)s2)cc1. The molecule has 11 heteroatoms. The Kier molecular flexibility index (Phi) is 9.73. The van der Waals surface area contributed by atoms with Gasteiger partial charge in [0, 0.05) is 11.3 Å². The highest BCUT2D eigenvalue weighted by atomic mass is 32.2. The molecule has 1 saturated heterocycles. The second-order valence-corrected chi connectivity index (χ2v) is 11.9. The normalized spacial score (nSPS) is 16.1. The molecule has 222 valence electrons. The Hall–Kier alpha value is -4.22. The highest BCUT2D eigenvalue weighted by Gasteiger charge is 2.48. The second-order valence-electron chi connectivity index (χ2n) is 9.75. The van der Waals surface area contributed by atoms with Crippen molar-refractivity contribution in [3.63, 3.8) is 0 Å². The summed E-state index contributed by atoms with van der Waals surface area (Å²) in [5.74, 6) is -0.739. The van der Waals surface area contributed by atoms with Crippen molar-refractivity contribution < 1.29 is 28.6 Å². The molecule has 3 aromatic carbocycles. The summed E-state index contributed by atoms with van der Waals surface area (Å²) in [6.45, 7) is 2.71. The van der Waals surface area contributed by atoms with Gasteiger partial charge in [0.15, 0.2) is 4.34 Å². The number of aliphatic hydroxyl groups excluding tert-OH is 1. The molecular weight excluding hydrogens is 590 g/mol. The number of nitrogens with zero attached hydrogens (tertiary/aromatic N) is 3. The van der Waals surface area contributed by atoms with E-state index < -0.39 is 17.7 Å². The van der Waals surface area contributed by atoms with Gasteiger partial charge in [-0.15, -0.1) is 10.2 Å². The van der Waals surface area contributed by atoms with Gasteiger partial charge in [0.05, 0.1) is 25.3 Å². The van der Waals surface area contributed by atoms with Crippen molar-refractivity contribution in [1.29, 1.82) is 0 Å². The molecule has 1 amide bonds. The van der Waals surface area contributed by atoms with Crippen LogP contribution in [0.4, 0.5) is 9.52 Å². The number of thioether (sulfide) groups is 1. The molecular formula is C32H30FN3O5S2. The van der Waals surface area contributed by atoms with Gasteiger partial charge < -0.3 is 14.6 Å². The van der Waals surface area contributed by atoms with Crippen LogP contribution >= 0.6 is 23.1 Å². The largest absolute Gasteiger partial charge is 0.507 e. The summed E-state index contributed by atoms with van der Waals surface area (Å²) < 4.78 is 25.7. The third-order valence-electron chi connectivity index (χ3n) is 6.93. The minimum Gasteiger partial charge on any atom is -0.507 e. The number of carbonyl (C=O) groups excluding carboxylic acids is 2. The van der Waals surface area contributed by atoms with Crippen LogP contribution in [0.15, 0.2) is 82.7 Å². The molecule has 2 heterocycles. The van der Waals surface area contributed by atoms with Gasteiger partial charge in [-0.2, -0.15) is 0 Å². The van der Waals surface area contributed by atoms with Crippen molar-refractivity contribution in [3.8, 4) is 11.5 Å². The maximum absolute atomic E-state index is 14.1. The zero-order valence-electron chi connectivity index (χ0n) is 23.7. The second kappa shape index (κ2) is 13.8. The lowest BCUT2D eigenvalue weighted by Gasteiger charge is -2.22. The van der Waals surface area contributed by atoms with E-state index in [0.717, 1.165) is 30.6 Å². The molecule has 1 aromatic heterocycles. The van der Waals surface area contributed by atoms with Crippen LogP contribution in [0.2, 0.25) is 0 Å². The summed E-state index contributed by atoms with van der Waals surface area (Å²) in [4.78, 5) is 28.3. The number of aromatic nitrogens is 2. The van der Waals surface area contributed by atoms with Gasteiger partial charge in [-0.3, -0.25) is 14.5 Å². The number of ether oxygens (including phenoxy) is 2. The first kappa shape index (κ1) is 30.2. The number of hydrogen-bond donors (Lipinski definition) is 1. The first-order chi connectivity index (χ1) is 20.9. The molecule has 8 nitrogen and oxygen atoms in total. The summed E-state index contributed by atoms with van der Waals surface area (Å²) in [5, 5.41) is 20.0. The predicted molar refractivity (Wildman–Crippen MR) is 165 cm³/mol. The van der Waals surface area contributed by atoms with Gasteiger partial charge >= 0.3 is 5.91 Å². The number of benzene rings is 3. The van der Waals surface area contributed by atoms with Gasteiger partial charge in [0.1, 0.15) is 23.1 Å². The number of ketones is 1. The van der Waals surface area contributed by atoms with Gasteiger partial charge in [-0.1, -0.05) is 73.2 Å². The molecule has 1 atom stereocenters. The maximum Gasteiger partial charge on any atom is 0.301 e. The number of unbranched alkanes of at least 4 members (excludes halogenated alkanes) is 2. The van der Waals surface area contributed by atoms with Gasteiger partial charge in [-0.05, 0) is 60.0 Å². The summed E-state index contributed by atoms with van der Waals surface area (Å²) in [6, 6.07) is 19.2. The van der Waals surface area contributed by atoms with Crippen LogP contribution in [0.1, 0.15) is 48.9 Å². The molecule has 1 unspecified atom stereocenters. The van der Waals surface area contributed by atoms with Crippen LogP contribution in [0.5, 0.6) is 11.5 Å². The minimum absolute atomic E-state index is 0.0671. The van der Waals surface area contributed by atoms with Crippen molar-refractivity contribution >= 4 is 45.7 Å². The molecule has 0 spiro atoms. The van der Waals surface area contributed by atoms with E-state index in [-0.39, 0.29) is 22.3 Å². The first-order valence-corrected chi connectivity index (χ1v) is 15.6. The predicted octanol–water partition coefficient (Wildman–Crippen LogP) is 7.17. The van der Waals surface area contributed by atoms with Crippen LogP contribution < -0.4 is 14.4 Å². The average molecular weight is 620 g/mol. The Balaban J connectivity index is 1.49. The lowest BCUT2D eigenvalue weighted by molar-refractivity contribution is -0.132. The maximum atomic E-state index is 14.1. The molecule has 43 heavy (non-hydrogen) atoms. The number of hydrogen-bond acceptors (Lipinski definition) is 9. The number of carbonyl (C=O) groups is 2. The summed E-state index contributed by atoms with van der Waals surface area (Å²) >= 11 is 2.40. The lowest BCUT2D eigenvalue weighted by atomic mass is 9.95. The highest BCUT2D eigenvalue weighted by molar-refractivity contribution is 8.00. The van der Waals surface area contributed by atoms with Crippen molar-refractivity contribution in [1.82, 2.24) is 10.2 Å². The fourth-order valence-corrected chi connectivity index (χ4v) is 6.51. The van der Waals surface area contributed by atoms with Gasteiger partial charge in [-0.25, -0.2) is 4.39 Å². The zero-order chi connectivity index (χ0) is 30.3. The first-order valence-electron chi connectivity index (χ1n) is 13.8. The van der Waals surface area contributed by atoms with E-state index in [9.17, 15) is 19.1 Å². The smallest absolute Gasteiger partial charge is 0.301 e. The monoisotopic (exact) mass is 619 g/mol. The average Bonchev–Trinajstić information content (AvgIpc) is 3.60.